The molecule has 0 aromatic heterocycles. The zero-order chi connectivity index (χ0) is 13.9. The molecule has 0 spiro atoms. The lowest BCUT2D eigenvalue weighted by Gasteiger charge is -2.19. The van der Waals surface area contributed by atoms with Crippen LogP contribution in [0.4, 0.5) is 14.5 Å². The van der Waals surface area contributed by atoms with Crippen molar-refractivity contribution in [2.24, 2.45) is 0 Å². The highest BCUT2D eigenvalue weighted by atomic mass is 79.9. The summed E-state index contributed by atoms with van der Waals surface area (Å²) >= 11 is 3.33. The minimum absolute atomic E-state index is 0.0233. The third kappa shape index (κ3) is 3.53. The quantitative estimate of drug-likeness (QED) is 0.837. The minimum Gasteiger partial charge on any atom is -0.378 e. The van der Waals surface area contributed by atoms with E-state index in [0.29, 0.717) is 5.69 Å². The van der Waals surface area contributed by atoms with Crippen LogP contribution in [0.1, 0.15) is 11.1 Å². The summed E-state index contributed by atoms with van der Waals surface area (Å²) in [4.78, 5) is 0. The second-order valence-electron chi connectivity index (χ2n) is 4.38. The monoisotopic (exact) mass is 325 g/mol. The summed E-state index contributed by atoms with van der Waals surface area (Å²) in [5.41, 5.74) is 1.67. The fourth-order valence-corrected chi connectivity index (χ4v) is 2.14. The molecule has 2 aromatic carbocycles. The van der Waals surface area contributed by atoms with Gasteiger partial charge in [-0.05, 0) is 24.6 Å². The lowest BCUT2D eigenvalue weighted by molar-refractivity contribution is 0.0106. The average Bonchev–Trinajstić information content (AvgIpc) is 2.41. The van der Waals surface area contributed by atoms with Gasteiger partial charge in [0, 0.05) is 15.7 Å². The first kappa shape index (κ1) is 14.0. The van der Waals surface area contributed by atoms with Gasteiger partial charge >= 0.3 is 0 Å². The molecule has 0 aliphatic rings. The highest BCUT2D eigenvalue weighted by Crippen LogP contribution is 2.29. The third-order valence-electron chi connectivity index (χ3n) is 2.90. The molecule has 0 radical (unpaired) electrons. The van der Waals surface area contributed by atoms with E-state index in [1.54, 1.807) is 24.3 Å². The van der Waals surface area contributed by atoms with Crippen molar-refractivity contribution in [2.75, 3.05) is 11.9 Å². The molecule has 0 unspecified atom stereocenters. The van der Waals surface area contributed by atoms with Crippen LogP contribution in [0.2, 0.25) is 0 Å². The van der Waals surface area contributed by atoms with Crippen molar-refractivity contribution in [1.29, 1.82) is 0 Å². The summed E-state index contributed by atoms with van der Waals surface area (Å²) in [7, 11) is 0. The van der Waals surface area contributed by atoms with E-state index in [-0.39, 0.29) is 5.56 Å². The summed E-state index contributed by atoms with van der Waals surface area (Å²) in [5, 5.41) is 2.81. The molecule has 0 fully saturated rings. The van der Waals surface area contributed by atoms with E-state index in [2.05, 4.69) is 21.2 Å². The highest BCUT2D eigenvalue weighted by Gasteiger charge is 2.30. The maximum atomic E-state index is 14.0. The molecular weight excluding hydrogens is 312 g/mol. The molecular formula is C15H14BrF2N. The van der Waals surface area contributed by atoms with Crippen molar-refractivity contribution in [3.63, 3.8) is 0 Å². The molecule has 0 heterocycles. The highest BCUT2D eigenvalue weighted by molar-refractivity contribution is 9.10. The zero-order valence-electron chi connectivity index (χ0n) is 10.5. The van der Waals surface area contributed by atoms with Crippen LogP contribution in [0.25, 0.3) is 0 Å². The van der Waals surface area contributed by atoms with Gasteiger partial charge in [0.25, 0.3) is 5.92 Å². The Balaban J connectivity index is 2.12. The fourth-order valence-electron chi connectivity index (χ4n) is 1.77. The lowest BCUT2D eigenvalue weighted by Crippen LogP contribution is -2.24. The number of hydrogen-bond donors (Lipinski definition) is 1. The number of alkyl halides is 2. The first-order valence-electron chi connectivity index (χ1n) is 5.92. The third-order valence-corrected chi connectivity index (χ3v) is 3.39. The maximum Gasteiger partial charge on any atom is 0.290 e. The fraction of sp³-hybridized carbons (Fsp3) is 0.200. The van der Waals surface area contributed by atoms with E-state index in [1.165, 1.54) is 12.1 Å². The van der Waals surface area contributed by atoms with Gasteiger partial charge in [-0.1, -0.05) is 52.3 Å². The van der Waals surface area contributed by atoms with Crippen molar-refractivity contribution < 1.29 is 8.78 Å². The number of nitrogens with one attached hydrogen (secondary N) is 1. The Morgan fingerprint density at radius 3 is 2.47 bits per heavy atom. The Kier molecular flexibility index (Phi) is 4.20. The molecule has 4 heteroatoms. The molecule has 0 aliphatic carbocycles. The van der Waals surface area contributed by atoms with Gasteiger partial charge in [-0.2, -0.15) is 8.78 Å². The summed E-state index contributed by atoms with van der Waals surface area (Å²) < 4.78 is 28.9. The van der Waals surface area contributed by atoms with Gasteiger partial charge in [0.15, 0.2) is 0 Å². The van der Waals surface area contributed by atoms with Crippen LogP contribution in [0.5, 0.6) is 0 Å². The van der Waals surface area contributed by atoms with Crippen LogP contribution < -0.4 is 5.32 Å². The van der Waals surface area contributed by atoms with Crippen LogP contribution in [0.15, 0.2) is 53.0 Å². The molecule has 0 aliphatic heterocycles. The molecule has 19 heavy (non-hydrogen) atoms. The van der Waals surface area contributed by atoms with Crippen molar-refractivity contribution in [3.8, 4) is 0 Å². The summed E-state index contributed by atoms with van der Waals surface area (Å²) in [6.07, 6.45) is 0. The van der Waals surface area contributed by atoms with Crippen molar-refractivity contribution in [2.45, 2.75) is 12.8 Å². The second-order valence-corrected chi connectivity index (χ2v) is 5.30. The SMILES string of the molecule is Cc1ccc(Br)cc1NCC(F)(F)c1ccccc1. The predicted molar refractivity (Wildman–Crippen MR) is 77.7 cm³/mol. The van der Waals surface area contributed by atoms with Gasteiger partial charge in [0.2, 0.25) is 0 Å². The van der Waals surface area contributed by atoms with Gasteiger partial charge in [-0.25, -0.2) is 0 Å². The summed E-state index contributed by atoms with van der Waals surface area (Å²) in [5.74, 6) is -2.89. The van der Waals surface area contributed by atoms with Crippen molar-refractivity contribution in [1.82, 2.24) is 0 Å². The number of benzene rings is 2. The van der Waals surface area contributed by atoms with E-state index in [0.717, 1.165) is 10.0 Å². The topological polar surface area (TPSA) is 12.0 Å². The Hall–Kier alpha value is -1.42. The molecule has 0 saturated carbocycles. The number of halogens is 3. The molecule has 0 amide bonds. The number of rotatable bonds is 4. The first-order chi connectivity index (χ1) is 8.99. The normalized spacial score (nSPS) is 11.4. The van der Waals surface area contributed by atoms with E-state index in [4.69, 9.17) is 0 Å². The van der Waals surface area contributed by atoms with E-state index >= 15 is 0 Å². The van der Waals surface area contributed by atoms with E-state index in [9.17, 15) is 8.78 Å². The smallest absolute Gasteiger partial charge is 0.290 e. The maximum absolute atomic E-state index is 14.0. The molecule has 2 aromatic rings. The molecule has 1 N–H and O–H groups in total. The Labute approximate surface area is 119 Å². The predicted octanol–water partition coefficient (Wildman–Crippen LogP) is 4.96. The van der Waals surface area contributed by atoms with Crippen LogP contribution in [0.3, 0.4) is 0 Å². The second kappa shape index (κ2) is 5.70. The van der Waals surface area contributed by atoms with Gasteiger partial charge in [-0.15, -0.1) is 0 Å². The van der Waals surface area contributed by atoms with Gasteiger partial charge in [0.05, 0.1) is 6.54 Å². The van der Waals surface area contributed by atoms with Crippen molar-refractivity contribution in [3.05, 3.63) is 64.1 Å². The van der Waals surface area contributed by atoms with Crippen LogP contribution >= 0.6 is 15.9 Å². The van der Waals surface area contributed by atoms with Crippen LogP contribution in [0, 0.1) is 6.92 Å². The first-order valence-corrected chi connectivity index (χ1v) is 6.72. The summed E-state index contributed by atoms with van der Waals surface area (Å²) in [6, 6.07) is 13.4. The van der Waals surface area contributed by atoms with Gasteiger partial charge in [0.1, 0.15) is 0 Å². The Bertz CT molecular complexity index is 555. The number of anilines is 1. The van der Waals surface area contributed by atoms with Crippen LogP contribution in [-0.2, 0) is 5.92 Å². The number of aryl methyl sites for hydroxylation is 1. The standard InChI is InChI=1S/C15H14BrF2N/c1-11-7-8-13(16)9-14(11)19-10-15(17,18)12-5-3-2-4-6-12/h2-9,19H,10H2,1H3. The molecule has 2 rings (SSSR count). The van der Waals surface area contributed by atoms with Gasteiger partial charge < -0.3 is 5.32 Å². The largest absolute Gasteiger partial charge is 0.378 e. The molecule has 0 saturated heterocycles. The average molecular weight is 326 g/mol. The molecule has 1 nitrogen and oxygen atoms in total. The van der Waals surface area contributed by atoms with Gasteiger partial charge in [-0.3, -0.25) is 0 Å². The lowest BCUT2D eigenvalue weighted by atomic mass is 10.1. The zero-order valence-corrected chi connectivity index (χ0v) is 12.0. The Morgan fingerprint density at radius 2 is 1.79 bits per heavy atom. The molecule has 0 bridgehead atoms. The van der Waals surface area contributed by atoms with Crippen LogP contribution in [-0.4, -0.2) is 6.54 Å². The van der Waals surface area contributed by atoms with Crippen molar-refractivity contribution >= 4 is 21.6 Å². The minimum atomic E-state index is -2.89. The molecule has 0 atom stereocenters. The Morgan fingerprint density at radius 1 is 1.11 bits per heavy atom. The van der Waals surface area contributed by atoms with E-state index < -0.39 is 12.5 Å². The van der Waals surface area contributed by atoms with E-state index in [1.807, 2.05) is 19.1 Å². The molecule has 100 valence electrons. The summed E-state index contributed by atoms with van der Waals surface area (Å²) in [6.45, 7) is 1.46. The number of hydrogen-bond acceptors (Lipinski definition) is 1.